The molecule has 4 nitrogen and oxygen atoms in total. The zero-order valence-corrected chi connectivity index (χ0v) is 12.2. The molecule has 0 aromatic heterocycles. The summed E-state index contributed by atoms with van der Waals surface area (Å²) < 4.78 is 20.8. The Bertz CT molecular complexity index is 547. The summed E-state index contributed by atoms with van der Waals surface area (Å²) in [5.41, 5.74) is 0.431. The van der Waals surface area contributed by atoms with Gasteiger partial charge >= 0.3 is 5.97 Å². The Morgan fingerprint density at radius 2 is 2.00 bits per heavy atom. The first-order valence-corrected chi connectivity index (χ1v) is 7.56. The highest BCUT2D eigenvalue weighted by atomic mass is 16.5. The van der Waals surface area contributed by atoms with Crippen LogP contribution >= 0.6 is 0 Å². The lowest BCUT2D eigenvalue weighted by Crippen LogP contribution is -2.43. The van der Waals surface area contributed by atoms with E-state index >= 15 is 0 Å². The molecule has 0 radical (unpaired) electrons. The summed E-state index contributed by atoms with van der Waals surface area (Å²) in [4.78, 5) is 14.9. The van der Waals surface area contributed by atoms with Crippen molar-refractivity contribution in [2.75, 3.05) is 13.6 Å². The highest BCUT2D eigenvalue weighted by Gasteiger charge is 2.40. The fraction of sp³-hybridized carbons (Fsp3) is 0.588. The third-order valence-corrected chi connectivity index (χ3v) is 4.84. The molecule has 0 saturated carbocycles. The molecule has 2 aliphatic heterocycles. The molecule has 2 fully saturated rings. The van der Waals surface area contributed by atoms with E-state index < -0.39 is 18.4 Å². The van der Waals surface area contributed by atoms with Gasteiger partial charge in [-0.3, -0.25) is 4.79 Å². The van der Waals surface area contributed by atoms with Gasteiger partial charge in [0, 0.05) is 12.1 Å². The van der Waals surface area contributed by atoms with Gasteiger partial charge in [0.1, 0.15) is 12.0 Å². The van der Waals surface area contributed by atoms with Crippen LogP contribution in [-0.2, 0) is 9.53 Å². The summed E-state index contributed by atoms with van der Waals surface area (Å²) in [6.07, 6.45) is 3.63. The highest BCUT2D eigenvalue weighted by molar-refractivity contribution is 5.78. The Kier molecular flexibility index (Phi) is 3.57. The normalized spacial score (nSPS) is 32.2. The van der Waals surface area contributed by atoms with Gasteiger partial charge in [0.15, 0.2) is 0 Å². The summed E-state index contributed by atoms with van der Waals surface area (Å²) >= 11 is 0. The van der Waals surface area contributed by atoms with E-state index in [0.717, 1.165) is 25.7 Å². The molecule has 4 atom stereocenters. The number of piperidine rings is 1. The van der Waals surface area contributed by atoms with Crippen LogP contribution in [0.3, 0.4) is 0 Å². The van der Waals surface area contributed by atoms with Gasteiger partial charge in [0.05, 0.1) is 9.30 Å². The molecule has 2 heterocycles. The first-order chi connectivity index (χ1) is 10.9. The predicted molar refractivity (Wildman–Crippen MR) is 80.0 cm³/mol. The van der Waals surface area contributed by atoms with E-state index in [9.17, 15) is 9.90 Å². The summed E-state index contributed by atoms with van der Waals surface area (Å²) in [5, 5.41) is 9.81. The fourth-order valence-corrected chi connectivity index (χ4v) is 3.60. The molecule has 114 valence electrons. The number of rotatable bonds is 4. The third-order valence-electron chi connectivity index (χ3n) is 4.84. The maximum Gasteiger partial charge on any atom is 0.316 e. The lowest BCUT2D eigenvalue weighted by atomic mass is 9.98. The fourth-order valence-electron chi connectivity index (χ4n) is 3.60. The molecule has 0 spiro atoms. The molecule has 0 aliphatic carbocycles. The molecule has 2 bridgehead atoms. The minimum Gasteiger partial charge on any atom is -0.462 e. The van der Waals surface area contributed by atoms with Crippen molar-refractivity contribution in [1.29, 1.82) is 0 Å². The lowest BCUT2D eigenvalue weighted by Gasteiger charge is -2.36. The molecule has 0 amide bonds. The second kappa shape index (κ2) is 6.16. The Hall–Kier alpha value is -1.39. The minimum absolute atomic E-state index is 0.190. The van der Waals surface area contributed by atoms with Crippen molar-refractivity contribution in [2.24, 2.45) is 0 Å². The zero-order chi connectivity index (χ0) is 16.6. The first kappa shape index (κ1) is 12.2. The van der Waals surface area contributed by atoms with Gasteiger partial charge in [-0.1, -0.05) is 30.3 Å². The lowest BCUT2D eigenvalue weighted by molar-refractivity contribution is -0.155. The van der Waals surface area contributed by atoms with E-state index in [2.05, 4.69) is 11.9 Å². The zero-order valence-electron chi connectivity index (χ0n) is 14.2. The van der Waals surface area contributed by atoms with Gasteiger partial charge in [0.2, 0.25) is 0 Å². The maximum atomic E-state index is 12.5. The molecule has 3 rings (SSSR count). The molecular formula is C17H23NO3. The summed E-state index contributed by atoms with van der Waals surface area (Å²) in [6.45, 7) is -2.65. The number of hydrogen-bond donors (Lipinski definition) is 1. The maximum absolute atomic E-state index is 12.5. The van der Waals surface area contributed by atoms with Gasteiger partial charge in [-0.2, -0.15) is 0 Å². The quantitative estimate of drug-likeness (QED) is 0.861. The van der Waals surface area contributed by atoms with Crippen LogP contribution in [0.15, 0.2) is 30.3 Å². The number of hydrogen-bond acceptors (Lipinski definition) is 4. The largest absolute Gasteiger partial charge is 0.462 e. The topological polar surface area (TPSA) is 49.8 Å². The molecule has 2 unspecified atom stereocenters. The SMILES string of the molecule is [2H]C([2H])(O)C(C(=O)OC1C[C@H]2CC[C@@H](C1)N2C)c1ccccc1. The van der Waals surface area contributed by atoms with Crippen LogP contribution in [0.1, 0.15) is 39.9 Å². The van der Waals surface area contributed by atoms with E-state index in [1.807, 2.05) is 0 Å². The predicted octanol–water partition coefficient (Wildman–Crippen LogP) is 1.93. The number of carbonyl (C=O) groups is 1. The second-order valence-electron chi connectivity index (χ2n) is 6.05. The number of carbonyl (C=O) groups excluding carboxylic acids is 1. The molecule has 2 saturated heterocycles. The van der Waals surface area contributed by atoms with Gasteiger partial charge in [-0.15, -0.1) is 0 Å². The number of ether oxygens (including phenoxy) is 1. The Balaban J connectivity index is 1.72. The molecule has 1 aromatic rings. The molecule has 21 heavy (non-hydrogen) atoms. The summed E-state index contributed by atoms with van der Waals surface area (Å²) in [6, 6.07) is 9.37. The van der Waals surface area contributed by atoms with Crippen molar-refractivity contribution in [1.82, 2.24) is 4.90 Å². The van der Waals surface area contributed by atoms with Crippen molar-refractivity contribution >= 4 is 5.97 Å². The number of esters is 1. The van der Waals surface area contributed by atoms with Gasteiger partial charge in [-0.25, -0.2) is 0 Å². The third kappa shape index (κ3) is 2.97. The van der Waals surface area contributed by atoms with E-state index in [4.69, 9.17) is 7.48 Å². The number of fused-ring (bicyclic) bond motifs is 2. The van der Waals surface area contributed by atoms with Crippen molar-refractivity contribution < 1.29 is 17.4 Å². The summed E-state index contributed by atoms with van der Waals surface area (Å²) in [5.74, 6) is -2.00. The van der Waals surface area contributed by atoms with Crippen LogP contribution in [0.25, 0.3) is 0 Å². The summed E-state index contributed by atoms with van der Waals surface area (Å²) in [7, 11) is 2.11. The molecule has 1 N–H and O–H groups in total. The number of benzene rings is 1. The molecule has 4 heteroatoms. The van der Waals surface area contributed by atoms with Gasteiger partial charge in [-0.05, 0) is 38.3 Å². The van der Waals surface area contributed by atoms with E-state index in [0.29, 0.717) is 17.6 Å². The molecule has 1 aromatic carbocycles. The Morgan fingerprint density at radius 1 is 1.38 bits per heavy atom. The van der Waals surface area contributed by atoms with Crippen molar-refractivity contribution in [3.05, 3.63) is 35.9 Å². The molecule has 2 aliphatic rings. The van der Waals surface area contributed by atoms with Crippen molar-refractivity contribution in [2.45, 2.75) is 49.8 Å². The van der Waals surface area contributed by atoms with Crippen LogP contribution in [-0.4, -0.2) is 47.8 Å². The smallest absolute Gasteiger partial charge is 0.316 e. The van der Waals surface area contributed by atoms with E-state index in [-0.39, 0.29) is 6.10 Å². The minimum atomic E-state index is -2.65. The van der Waals surface area contributed by atoms with Gasteiger partial charge < -0.3 is 14.7 Å². The monoisotopic (exact) mass is 291 g/mol. The average Bonchev–Trinajstić information content (AvgIpc) is 2.70. The van der Waals surface area contributed by atoms with Crippen LogP contribution in [0.2, 0.25) is 0 Å². The van der Waals surface area contributed by atoms with Crippen LogP contribution in [0, 0.1) is 0 Å². The highest BCUT2D eigenvalue weighted by Crippen LogP contribution is 2.36. The van der Waals surface area contributed by atoms with Crippen molar-refractivity contribution in [3.63, 3.8) is 0 Å². The van der Waals surface area contributed by atoms with Crippen LogP contribution < -0.4 is 0 Å². The van der Waals surface area contributed by atoms with Crippen LogP contribution in [0.4, 0.5) is 0 Å². The van der Waals surface area contributed by atoms with E-state index in [1.54, 1.807) is 30.3 Å². The Morgan fingerprint density at radius 3 is 2.57 bits per heavy atom. The number of nitrogens with zero attached hydrogens (tertiary/aromatic N) is 1. The molecular weight excluding hydrogens is 266 g/mol. The van der Waals surface area contributed by atoms with Crippen molar-refractivity contribution in [3.8, 4) is 0 Å². The second-order valence-corrected chi connectivity index (χ2v) is 6.05. The van der Waals surface area contributed by atoms with E-state index in [1.165, 1.54) is 0 Å². The average molecular weight is 291 g/mol. The standard InChI is InChI=1S/C17H23NO3/c1-18-13-7-8-14(18)10-15(9-13)21-17(20)16(11-19)12-5-3-2-4-6-12/h2-6,13-16,19H,7-11H2,1H3/t13-,14+,15?,16?/i11D2. The number of aliphatic hydroxyl groups is 1. The first-order valence-electron chi connectivity index (χ1n) is 8.56. The van der Waals surface area contributed by atoms with Crippen LogP contribution in [0.5, 0.6) is 0 Å². The van der Waals surface area contributed by atoms with Gasteiger partial charge in [0.25, 0.3) is 0 Å². The Labute approximate surface area is 128 Å².